The first-order valence-electron chi connectivity index (χ1n) is 12.9. The van der Waals surface area contributed by atoms with Gasteiger partial charge in [0.05, 0.1) is 0 Å². The third-order valence-corrected chi connectivity index (χ3v) is 7.51. The quantitative estimate of drug-likeness (QED) is 0.122. The van der Waals surface area contributed by atoms with Crippen LogP contribution in [0.2, 0.25) is 33.2 Å². The first-order valence-corrected chi connectivity index (χ1v) is 22.8. The number of hydrogen-bond acceptors (Lipinski definition) is 0. The molecule has 0 saturated heterocycles. The van der Waals surface area contributed by atoms with Gasteiger partial charge in [0.1, 0.15) is 0 Å². The molecule has 0 N–H and O–H groups in total. The van der Waals surface area contributed by atoms with E-state index in [0.29, 0.717) is 20.1 Å². The Bertz CT molecular complexity index is 1580. The van der Waals surface area contributed by atoms with Gasteiger partial charge in [0, 0.05) is 40.7 Å². The Morgan fingerprint density at radius 3 is 1.14 bits per heavy atom. The molecule has 6 aromatic carbocycles. The molecule has 0 nitrogen and oxygen atoms in total. The second kappa shape index (κ2) is 17.4. The molecule has 0 spiro atoms. The Balaban J connectivity index is 0.000000195. The second-order valence-electron chi connectivity index (χ2n) is 9.45. The van der Waals surface area contributed by atoms with Crippen molar-refractivity contribution in [1.29, 1.82) is 0 Å². The van der Waals surface area contributed by atoms with Gasteiger partial charge in [-0.15, -0.1) is 69.1 Å². The van der Waals surface area contributed by atoms with Crippen LogP contribution in [0.3, 0.4) is 0 Å². The van der Waals surface area contributed by atoms with Crippen LogP contribution in [-0.4, -0.2) is 9.52 Å². The van der Waals surface area contributed by atoms with Crippen molar-refractivity contribution in [2.24, 2.45) is 0 Å². The van der Waals surface area contributed by atoms with E-state index in [2.05, 4.69) is 75.5 Å². The molecule has 0 aliphatic rings. The summed E-state index contributed by atoms with van der Waals surface area (Å²) in [7, 11) is 11.0. The second-order valence-corrected chi connectivity index (χ2v) is 15.8. The predicted molar refractivity (Wildman–Crippen MR) is 189 cm³/mol. The number of hydrogen-bond donors (Lipinski definition) is 0. The zero-order valence-corrected chi connectivity index (χ0v) is 31.5. The number of rotatable bonds is 2. The van der Waals surface area contributed by atoms with Crippen molar-refractivity contribution in [3.63, 3.8) is 0 Å². The van der Waals surface area contributed by atoms with Crippen molar-refractivity contribution in [1.82, 2.24) is 0 Å². The molecule has 2 radical (unpaired) electrons. The molecule has 0 saturated carbocycles. The van der Waals surface area contributed by atoms with E-state index in [4.69, 9.17) is 63.4 Å². The summed E-state index contributed by atoms with van der Waals surface area (Å²) in [4.78, 5) is 0. The average molecular weight is 769 g/mol. The van der Waals surface area contributed by atoms with Gasteiger partial charge < -0.3 is 0 Å². The molecule has 0 aromatic heterocycles. The molecular formula is C34H28Cl6SiZr. The molecule has 8 heteroatoms. The van der Waals surface area contributed by atoms with Crippen LogP contribution in [0, 0.1) is 13.8 Å². The SMILES string of the molecule is C[Si]C.Cc1cc2c(-c3c(Cl)cccc3Cl)cccc2[cH-]1.Cc1cc2c(-c3c(Cl)cccc3Cl)cccc2[cH-]1.[Cl][Zr+2][Cl]. The van der Waals surface area contributed by atoms with E-state index in [1.807, 2.05) is 48.5 Å². The average Bonchev–Trinajstić information content (AvgIpc) is 3.51. The van der Waals surface area contributed by atoms with E-state index in [1.165, 1.54) is 32.7 Å². The molecule has 0 fully saturated rings. The summed E-state index contributed by atoms with van der Waals surface area (Å²) in [5.74, 6) is 0. The summed E-state index contributed by atoms with van der Waals surface area (Å²) in [6.07, 6.45) is 0. The fourth-order valence-electron chi connectivity index (χ4n) is 4.72. The topological polar surface area (TPSA) is 0 Å². The third kappa shape index (κ3) is 8.99. The Morgan fingerprint density at radius 2 is 0.833 bits per heavy atom. The van der Waals surface area contributed by atoms with Crippen molar-refractivity contribution < 1.29 is 20.8 Å². The van der Waals surface area contributed by atoms with E-state index in [-0.39, 0.29) is 0 Å². The van der Waals surface area contributed by atoms with Gasteiger partial charge in [-0.1, -0.05) is 109 Å². The summed E-state index contributed by atoms with van der Waals surface area (Å²) in [5, 5.41) is 7.60. The normalized spacial score (nSPS) is 10.1. The van der Waals surface area contributed by atoms with E-state index in [0.717, 1.165) is 31.8 Å². The number of fused-ring (bicyclic) bond motifs is 2. The maximum absolute atomic E-state index is 6.29. The van der Waals surface area contributed by atoms with Crippen molar-refractivity contribution in [2.75, 3.05) is 0 Å². The Labute approximate surface area is 290 Å². The Morgan fingerprint density at radius 1 is 0.548 bits per heavy atom. The zero-order chi connectivity index (χ0) is 30.8. The van der Waals surface area contributed by atoms with Gasteiger partial charge in [-0.05, 0) is 24.3 Å². The molecule has 0 atom stereocenters. The summed E-state index contributed by atoms with van der Waals surface area (Å²) < 4.78 is 0. The van der Waals surface area contributed by atoms with Crippen LogP contribution < -0.4 is 0 Å². The van der Waals surface area contributed by atoms with E-state index in [1.54, 1.807) is 0 Å². The van der Waals surface area contributed by atoms with Crippen molar-refractivity contribution in [2.45, 2.75) is 26.9 Å². The van der Waals surface area contributed by atoms with Crippen LogP contribution in [0.4, 0.5) is 0 Å². The van der Waals surface area contributed by atoms with Gasteiger partial charge >= 0.3 is 37.9 Å². The molecule has 42 heavy (non-hydrogen) atoms. The summed E-state index contributed by atoms with van der Waals surface area (Å²) in [6.45, 7) is 8.50. The van der Waals surface area contributed by atoms with Gasteiger partial charge in [-0.2, -0.15) is 12.1 Å². The molecular weight excluding hydrogens is 740 g/mol. The molecule has 0 heterocycles. The Kier molecular flexibility index (Phi) is 14.7. The van der Waals surface area contributed by atoms with Crippen LogP contribution in [-0.2, 0) is 20.8 Å². The first kappa shape index (κ1) is 35.4. The van der Waals surface area contributed by atoms with E-state index in [9.17, 15) is 0 Å². The van der Waals surface area contributed by atoms with Crippen molar-refractivity contribution in [3.05, 3.63) is 128 Å². The molecule has 0 bridgehead atoms. The van der Waals surface area contributed by atoms with Gasteiger partial charge in [0.25, 0.3) is 0 Å². The van der Waals surface area contributed by atoms with Crippen LogP contribution in [0.25, 0.3) is 43.8 Å². The summed E-state index contributed by atoms with van der Waals surface area (Å²) in [5.41, 5.74) is 6.52. The minimum atomic E-state index is -0.826. The van der Waals surface area contributed by atoms with Gasteiger partial charge in [-0.3, -0.25) is 0 Å². The number of aryl methyl sites for hydroxylation is 2. The van der Waals surface area contributed by atoms with E-state index >= 15 is 0 Å². The van der Waals surface area contributed by atoms with Gasteiger partial charge in [-0.25, -0.2) is 0 Å². The van der Waals surface area contributed by atoms with E-state index < -0.39 is 20.8 Å². The van der Waals surface area contributed by atoms with Crippen LogP contribution in [0.1, 0.15) is 11.1 Å². The molecule has 0 amide bonds. The molecule has 6 aromatic rings. The molecule has 214 valence electrons. The number of benzene rings is 4. The predicted octanol–water partition coefficient (Wildman–Crippen LogP) is 13.8. The van der Waals surface area contributed by atoms with Crippen molar-refractivity contribution in [3.8, 4) is 22.3 Å². The molecule has 0 unspecified atom stereocenters. The van der Waals surface area contributed by atoms with Crippen molar-refractivity contribution >= 4 is 94.5 Å². The summed E-state index contributed by atoms with van der Waals surface area (Å²) >= 11 is 24.3. The maximum atomic E-state index is 6.29. The molecule has 0 aliphatic carbocycles. The fourth-order valence-corrected chi connectivity index (χ4v) is 5.92. The molecule has 0 aliphatic heterocycles. The first-order chi connectivity index (χ1) is 20.2. The van der Waals surface area contributed by atoms with Gasteiger partial charge in [0.2, 0.25) is 0 Å². The van der Waals surface area contributed by atoms with Crippen LogP contribution >= 0.6 is 63.4 Å². The fraction of sp³-hybridized carbons (Fsp3) is 0.118. The third-order valence-electron chi connectivity index (χ3n) is 6.25. The monoisotopic (exact) mass is 764 g/mol. The standard InChI is InChI=1S/2C16H11Cl2.C2H6Si.2ClH.Zr/c2*1-10-8-11-4-2-5-12(13(11)9-10)16-14(17)6-3-7-15(16)18;1-3-2;;;/h2*2-9H,1H3;1-2H3;2*1H;/q2*-1;;;;+4/p-2. The minimum absolute atomic E-state index is 0.689. The molecule has 6 rings (SSSR count). The Hall–Kier alpha value is -1.06. The van der Waals surface area contributed by atoms with Gasteiger partial charge in [0.15, 0.2) is 0 Å². The zero-order valence-electron chi connectivity index (χ0n) is 23.5. The number of halogens is 6. The van der Waals surface area contributed by atoms with Crippen LogP contribution in [0.5, 0.6) is 0 Å². The summed E-state index contributed by atoms with van der Waals surface area (Å²) in [6, 6.07) is 32.3. The van der Waals surface area contributed by atoms with Crippen LogP contribution in [0.15, 0.2) is 97.1 Å².